The minimum Gasteiger partial charge on any atom is -0.350 e. The second-order valence-corrected chi connectivity index (χ2v) is 10.3. The first-order chi connectivity index (χ1) is 15.2. The van der Waals surface area contributed by atoms with Gasteiger partial charge in [-0.15, -0.1) is 0 Å². The molecule has 0 bridgehead atoms. The van der Waals surface area contributed by atoms with E-state index in [1.54, 1.807) is 36.4 Å². The molecule has 0 saturated carbocycles. The number of sulfonamides is 1. The van der Waals surface area contributed by atoms with Crippen molar-refractivity contribution >= 4 is 39.1 Å². The Morgan fingerprint density at radius 1 is 1.09 bits per heavy atom. The molecule has 1 aliphatic heterocycles. The van der Waals surface area contributed by atoms with E-state index in [2.05, 4.69) is 10.6 Å². The highest BCUT2D eigenvalue weighted by Gasteiger charge is 2.32. The molecule has 3 rings (SSSR count). The number of para-hydroxylation sites is 1. The van der Waals surface area contributed by atoms with Gasteiger partial charge in [-0.3, -0.25) is 9.59 Å². The van der Waals surface area contributed by atoms with Crippen LogP contribution in [0.4, 0.5) is 5.69 Å². The fourth-order valence-electron chi connectivity index (χ4n) is 3.54. The van der Waals surface area contributed by atoms with Crippen molar-refractivity contribution in [3.8, 4) is 0 Å². The van der Waals surface area contributed by atoms with E-state index >= 15 is 0 Å². The van der Waals surface area contributed by atoms with E-state index in [4.69, 9.17) is 11.6 Å². The Balaban J connectivity index is 1.63. The summed E-state index contributed by atoms with van der Waals surface area (Å²) in [7, 11) is -3.63. The molecule has 1 saturated heterocycles. The third-order valence-corrected chi connectivity index (χ3v) is 7.86. The van der Waals surface area contributed by atoms with E-state index in [0.29, 0.717) is 29.1 Å². The van der Waals surface area contributed by atoms with Crippen LogP contribution in [-0.4, -0.2) is 43.7 Å². The van der Waals surface area contributed by atoms with E-state index in [0.717, 1.165) is 6.42 Å². The zero-order valence-electron chi connectivity index (χ0n) is 18.2. The van der Waals surface area contributed by atoms with Crippen LogP contribution in [-0.2, 0) is 14.8 Å². The summed E-state index contributed by atoms with van der Waals surface area (Å²) >= 11 is 5.85. The van der Waals surface area contributed by atoms with Gasteiger partial charge in [-0.1, -0.05) is 30.7 Å². The van der Waals surface area contributed by atoms with Crippen molar-refractivity contribution in [1.82, 2.24) is 9.62 Å². The Kier molecular flexibility index (Phi) is 7.92. The average molecular weight is 478 g/mol. The maximum Gasteiger partial charge on any atom is 0.253 e. The van der Waals surface area contributed by atoms with Crippen molar-refractivity contribution in [3.05, 3.63) is 59.1 Å². The molecule has 0 aromatic heterocycles. The third-order valence-electron chi connectivity index (χ3n) is 5.70. The average Bonchev–Trinajstić information content (AvgIpc) is 2.79. The van der Waals surface area contributed by atoms with Crippen LogP contribution >= 0.6 is 11.6 Å². The normalized spacial score (nSPS) is 16.3. The predicted octanol–water partition coefficient (Wildman–Crippen LogP) is 3.91. The SMILES string of the molecule is CC[C@H](C)NC(=O)c1ccccc1NC(=O)C1CCN(S(=O)(=O)c2ccc(Cl)cc2)CC1. The summed E-state index contributed by atoms with van der Waals surface area (Å²) in [6, 6.07) is 13.0. The first-order valence-electron chi connectivity index (χ1n) is 10.7. The van der Waals surface area contributed by atoms with Gasteiger partial charge in [-0.2, -0.15) is 4.31 Å². The Morgan fingerprint density at radius 2 is 1.72 bits per heavy atom. The molecule has 172 valence electrons. The molecule has 2 amide bonds. The molecule has 1 heterocycles. The zero-order valence-corrected chi connectivity index (χ0v) is 19.7. The fraction of sp³-hybridized carbons (Fsp3) is 0.391. The van der Waals surface area contributed by atoms with Crippen molar-refractivity contribution in [2.24, 2.45) is 5.92 Å². The summed E-state index contributed by atoms with van der Waals surface area (Å²) in [5, 5.41) is 6.24. The van der Waals surface area contributed by atoms with Crippen LogP contribution < -0.4 is 10.6 Å². The number of carbonyl (C=O) groups is 2. The Morgan fingerprint density at radius 3 is 2.34 bits per heavy atom. The van der Waals surface area contributed by atoms with Crippen LogP contribution in [0.3, 0.4) is 0 Å². The van der Waals surface area contributed by atoms with Gasteiger partial charge in [0.1, 0.15) is 0 Å². The molecule has 2 aromatic carbocycles. The first-order valence-corrected chi connectivity index (χ1v) is 12.5. The summed E-state index contributed by atoms with van der Waals surface area (Å²) in [6.07, 6.45) is 1.61. The largest absolute Gasteiger partial charge is 0.350 e. The number of carbonyl (C=O) groups excluding carboxylic acids is 2. The van der Waals surface area contributed by atoms with Crippen molar-refractivity contribution < 1.29 is 18.0 Å². The molecular formula is C23H28ClN3O4S. The van der Waals surface area contributed by atoms with E-state index in [1.807, 2.05) is 13.8 Å². The summed E-state index contributed by atoms with van der Waals surface area (Å²) in [5.41, 5.74) is 0.860. The van der Waals surface area contributed by atoms with Gasteiger partial charge in [-0.25, -0.2) is 8.42 Å². The maximum absolute atomic E-state index is 12.9. The standard InChI is InChI=1S/C23H28ClN3O4S/c1-3-16(2)25-23(29)20-6-4-5-7-21(20)26-22(28)17-12-14-27(15-13-17)32(30,31)19-10-8-18(24)9-11-19/h4-11,16-17H,3,12-15H2,1-2H3,(H,25,29)(H,26,28)/t16-/m0/s1. The molecule has 9 heteroatoms. The summed E-state index contributed by atoms with van der Waals surface area (Å²) < 4.78 is 27.1. The molecule has 32 heavy (non-hydrogen) atoms. The minimum absolute atomic E-state index is 0.0261. The number of nitrogens with zero attached hydrogens (tertiary/aromatic N) is 1. The van der Waals surface area contributed by atoms with Gasteiger partial charge in [0.2, 0.25) is 15.9 Å². The Labute approximate surface area is 194 Å². The molecule has 1 aliphatic rings. The number of nitrogens with one attached hydrogen (secondary N) is 2. The zero-order chi connectivity index (χ0) is 23.3. The Bertz CT molecular complexity index is 1060. The topological polar surface area (TPSA) is 95.6 Å². The number of anilines is 1. The molecule has 1 fully saturated rings. The van der Waals surface area contributed by atoms with Gasteiger partial charge in [0.15, 0.2) is 0 Å². The van der Waals surface area contributed by atoms with Crippen LogP contribution in [0.1, 0.15) is 43.5 Å². The van der Waals surface area contributed by atoms with Crippen molar-refractivity contribution in [1.29, 1.82) is 0 Å². The van der Waals surface area contributed by atoms with E-state index in [9.17, 15) is 18.0 Å². The molecule has 1 atom stereocenters. The van der Waals surface area contributed by atoms with Crippen LogP contribution in [0.5, 0.6) is 0 Å². The highest BCUT2D eigenvalue weighted by Crippen LogP contribution is 2.26. The van der Waals surface area contributed by atoms with Crippen molar-refractivity contribution in [2.75, 3.05) is 18.4 Å². The number of hydrogen-bond acceptors (Lipinski definition) is 4. The Hall–Kier alpha value is -2.42. The number of halogens is 1. The van der Waals surface area contributed by atoms with Crippen molar-refractivity contribution in [2.45, 2.75) is 44.0 Å². The number of rotatable bonds is 7. The number of amides is 2. The van der Waals surface area contributed by atoms with Crippen molar-refractivity contribution in [3.63, 3.8) is 0 Å². The predicted molar refractivity (Wildman–Crippen MR) is 125 cm³/mol. The summed E-state index contributed by atoms with van der Waals surface area (Å²) in [6.45, 7) is 4.40. The van der Waals surface area contributed by atoms with Gasteiger partial charge >= 0.3 is 0 Å². The first kappa shape index (κ1) is 24.2. The smallest absolute Gasteiger partial charge is 0.253 e. The molecular weight excluding hydrogens is 450 g/mol. The van der Waals surface area contributed by atoms with Gasteiger partial charge in [0.25, 0.3) is 5.91 Å². The fourth-order valence-corrected chi connectivity index (χ4v) is 5.14. The number of benzene rings is 2. The second-order valence-electron chi connectivity index (χ2n) is 7.95. The third kappa shape index (κ3) is 5.68. The minimum atomic E-state index is -3.63. The lowest BCUT2D eigenvalue weighted by atomic mass is 9.97. The number of hydrogen-bond donors (Lipinski definition) is 2. The van der Waals surface area contributed by atoms with Crippen LogP contribution in [0, 0.1) is 5.92 Å². The summed E-state index contributed by atoms with van der Waals surface area (Å²) in [4.78, 5) is 25.6. The van der Waals surface area contributed by atoms with Gasteiger partial charge in [0.05, 0.1) is 16.1 Å². The van der Waals surface area contributed by atoms with E-state index in [-0.39, 0.29) is 41.8 Å². The maximum atomic E-state index is 12.9. The lowest BCUT2D eigenvalue weighted by Crippen LogP contribution is -2.41. The van der Waals surface area contributed by atoms with Crippen LogP contribution in [0.25, 0.3) is 0 Å². The molecule has 0 radical (unpaired) electrons. The molecule has 2 aromatic rings. The molecule has 0 spiro atoms. The quantitative estimate of drug-likeness (QED) is 0.632. The van der Waals surface area contributed by atoms with Gasteiger partial charge in [-0.05, 0) is 62.6 Å². The van der Waals surface area contributed by atoms with E-state index < -0.39 is 10.0 Å². The number of piperidine rings is 1. The highest BCUT2D eigenvalue weighted by molar-refractivity contribution is 7.89. The molecule has 0 aliphatic carbocycles. The van der Waals surface area contributed by atoms with Crippen LogP contribution in [0.2, 0.25) is 5.02 Å². The lowest BCUT2D eigenvalue weighted by Gasteiger charge is -2.30. The van der Waals surface area contributed by atoms with Crippen LogP contribution in [0.15, 0.2) is 53.4 Å². The van der Waals surface area contributed by atoms with E-state index in [1.165, 1.54) is 16.4 Å². The molecule has 2 N–H and O–H groups in total. The van der Waals surface area contributed by atoms with Gasteiger partial charge in [0, 0.05) is 30.1 Å². The summed E-state index contributed by atoms with van der Waals surface area (Å²) in [5.74, 6) is -0.784. The second kappa shape index (κ2) is 10.5. The monoisotopic (exact) mass is 477 g/mol. The molecule has 7 nitrogen and oxygen atoms in total. The molecule has 0 unspecified atom stereocenters. The van der Waals surface area contributed by atoms with Gasteiger partial charge < -0.3 is 10.6 Å². The lowest BCUT2D eigenvalue weighted by molar-refractivity contribution is -0.120. The highest BCUT2D eigenvalue weighted by atomic mass is 35.5.